The Bertz CT molecular complexity index is 1130. The molecule has 0 spiro atoms. The van der Waals surface area contributed by atoms with E-state index in [0.29, 0.717) is 5.69 Å². The van der Waals surface area contributed by atoms with Crippen LogP contribution in [0.5, 0.6) is 0 Å². The van der Waals surface area contributed by atoms with E-state index in [-0.39, 0.29) is 0 Å². The summed E-state index contributed by atoms with van der Waals surface area (Å²) < 4.78 is 0. The number of amides is 4. The number of imide groups is 1. The summed E-state index contributed by atoms with van der Waals surface area (Å²) in [6, 6.07) is 16.6. The van der Waals surface area contributed by atoms with Crippen LogP contribution >= 0.6 is 0 Å². The van der Waals surface area contributed by atoms with Crippen LogP contribution in [0.15, 0.2) is 64.8 Å². The Morgan fingerprint density at radius 1 is 0.652 bits per heavy atom. The lowest BCUT2D eigenvalue weighted by Gasteiger charge is -2.17. The van der Waals surface area contributed by atoms with Gasteiger partial charge in [0.05, 0.1) is 5.69 Å². The fraction of sp³-hybridized carbons (Fsp3) is 0. The molecule has 1 aliphatic heterocycles. The van der Waals surface area contributed by atoms with Crippen molar-refractivity contribution in [1.82, 2.24) is 0 Å². The second kappa shape index (κ2) is 4.10. The van der Waals surface area contributed by atoms with Crippen molar-refractivity contribution in [3.05, 3.63) is 54.6 Å². The number of hydrogen-bond acceptors (Lipinski definition) is 2. The highest BCUT2D eigenvalue weighted by atomic mass is 16.2. The zero-order valence-electron chi connectivity index (χ0n) is 11.9. The molecule has 0 N–H and O–H groups in total. The standard InChI is InChI=1S/C18H9N3O2/c22-17-19-20-18(23)21(17)14-9-7-12-5-4-10-2-1-3-11-6-8-13(14)16(12)15(10)11/h1-9H. The van der Waals surface area contributed by atoms with E-state index in [1.54, 1.807) is 6.07 Å². The molecule has 0 aliphatic carbocycles. The van der Waals surface area contributed by atoms with Crippen molar-refractivity contribution in [2.45, 2.75) is 0 Å². The van der Waals surface area contributed by atoms with Crippen LogP contribution < -0.4 is 4.90 Å². The van der Waals surface area contributed by atoms with E-state index in [4.69, 9.17) is 0 Å². The van der Waals surface area contributed by atoms with Gasteiger partial charge in [0.15, 0.2) is 0 Å². The summed E-state index contributed by atoms with van der Waals surface area (Å²) in [5, 5.41) is 13.1. The summed E-state index contributed by atoms with van der Waals surface area (Å²) >= 11 is 0. The van der Waals surface area contributed by atoms with Gasteiger partial charge in [-0.25, -0.2) is 14.5 Å². The lowest BCUT2D eigenvalue weighted by atomic mass is 9.93. The molecule has 5 heteroatoms. The quantitative estimate of drug-likeness (QED) is 0.459. The summed E-state index contributed by atoms with van der Waals surface area (Å²) in [5.74, 6) is 0. The first-order valence-electron chi connectivity index (χ1n) is 7.20. The van der Waals surface area contributed by atoms with E-state index >= 15 is 0 Å². The van der Waals surface area contributed by atoms with E-state index in [0.717, 1.165) is 37.2 Å². The van der Waals surface area contributed by atoms with Gasteiger partial charge in [-0.3, -0.25) is 0 Å². The second-order valence-electron chi connectivity index (χ2n) is 5.54. The monoisotopic (exact) mass is 299 g/mol. The fourth-order valence-electron chi connectivity index (χ4n) is 3.38. The summed E-state index contributed by atoms with van der Waals surface area (Å²) in [4.78, 5) is 24.8. The molecule has 4 aromatic carbocycles. The van der Waals surface area contributed by atoms with E-state index in [2.05, 4.69) is 34.5 Å². The first-order chi connectivity index (χ1) is 11.2. The summed E-state index contributed by atoms with van der Waals surface area (Å²) in [6.45, 7) is 0. The Kier molecular flexibility index (Phi) is 2.18. The van der Waals surface area contributed by atoms with Crippen LogP contribution in [0, 0.1) is 0 Å². The molecular weight excluding hydrogens is 290 g/mol. The molecule has 1 aliphatic rings. The molecule has 108 valence electrons. The molecule has 0 saturated heterocycles. The van der Waals surface area contributed by atoms with Crippen LogP contribution in [0.2, 0.25) is 0 Å². The molecule has 0 aromatic heterocycles. The van der Waals surface area contributed by atoms with E-state index in [1.807, 2.05) is 24.3 Å². The normalized spacial score (nSPS) is 14.9. The van der Waals surface area contributed by atoms with Crippen LogP contribution in [-0.4, -0.2) is 12.1 Å². The summed E-state index contributed by atoms with van der Waals surface area (Å²) in [5.41, 5.74) is 0.524. The van der Waals surface area contributed by atoms with Crippen LogP contribution in [0.3, 0.4) is 0 Å². The Morgan fingerprint density at radius 3 is 1.91 bits per heavy atom. The van der Waals surface area contributed by atoms with Crippen LogP contribution in [0.1, 0.15) is 0 Å². The Labute approximate surface area is 130 Å². The van der Waals surface area contributed by atoms with Gasteiger partial charge in [-0.1, -0.05) is 58.8 Å². The number of anilines is 1. The summed E-state index contributed by atoms with van der Waals surface area (Å²) in [6.07, 6.45) is 0. The average Bonchev–Trinajstić information content (AvgIpc) is 2.91. The molecule has 5 nitrogen and oxygen atoms in total. The van der Waals surface area contributed by atoms with Gasteiger partial charge in [-0.2, -0.15) is 0 Å². The van der Waals surface area contributed by atoms with E-state index in [1.165, 1.54) is 0 Å². The molecular formula is C18H9N3O2. The lowest BCUT2D eigenvalue weighted by Crippen LogP contribution is -2.27. The molecule has 0 fully saturated rings. The van der Waals surface area contributed by atoms with Gasteiger partial charge in [-0.05, 0) is 33.0 Å². The highest BCUT2D eigenvalue weighted by Gasteiger charge is 2.30. The molecule has 0 saturated carbocycles. The fourth-order valence-corrected chi connectivity index (χ4v) is 3.38. The van der Waals surface area contributed by atoms with Gasteiger partial charge in [0, 0.05) is 5.39 Å². The number of nitrogens with zero attached hydrogens (tertiary/aromatic N) is 3. The molecule has 0 bridgehead atoms. The first-order valence-corrected chi connectivity index (χ1v) is 7.20. The lowest BCUT2D eigenvalue weighted by molar-refractivity contribution is 0.249. The van der Waals surface area contributed by atoms with Gasteiger partial charge in [0.1, 0.15) is 0 Å². The molecule has 23 heavy (non-hydrogen) atoms. The highest BCUT2D eigenvalue weighted by molar-refractivity contribution is 6.29. The Morgan fingerprint density at radius 2 is 1.22 bits per heavy atom. The zero-order chi connectivity index (χ0) is 15.6. The predicted octanol–water partition coefficient (Wildman–Crippen LogP) is 5.10. The van der Waals surface area contributed by atoms with Crippen molar-refractivity contribution in [3.8, 4) is 0 Å². The zero-order valence-corrected chi connectivity index (χ0v) is 11.9. The molecule has 4 aromatic rings. The van der Waals surface area contributed by atoms with E-state index in [9.17, 15) is 9.59 Å². The van der Waals surface area contributed by atoms with Crippen molar-refractivity contribution in [2.24, 2.45) is 10.2 Å². The molecule has 4 amide bonds. The number of urea groups is 2. The number of azo groups is 1. The molecule has 5 rings (SSSR count). The smallest absolute Gasteiger partial charge is 0.243 e. The molecule has 0 unspecified atom stereocenters. The number of carbonyl (C=O) groups is 2. The van der Waals surface area contributed by atoms with Crippen molar-refractivity contribution in [3.63, 3.8) is 0 Å². The number of hydrogen-bond donors (Lipinski definition) is 0. The topological polar surface area (TPSA) is 62.1 Å². The van der Waals surface area contributed by atoms with Gasteiger partial charge in [0.25, 0.3) is 0 Å². The van der Waals surface area contributed by atoms with E-state index < -0.39 is 12.1 Å². The first kappa shape index (κ1) is 12.2. The third kappa shape index (κ3) is 1.51. The SMILES string of the molecule is O=C1N=NC(=O)N1c1ccc2ccc3cccc4ccc1c2c34. The average molecular weight is 299 g/mol. The van der Waals surface area contributed by atoms with Gasteiger partial charge >= 0.3 is 12.1 Å². The minimum absolute atomic E-state index is 0.524. The summed E-state index contributed by atoms with van der Waals surface area (Å²) in [7, 11) is 0. The minimum Gasteiger partial charge on any atom is -0.243 e. The number of benzene rings is 4. The van der Waals surface area contributed by atoms with Gasteiger partial charge in [-0.15, -0.1) is 0 Å². The molecule has 0 atom stereocenters. The third-order valence-electron chi connectivity index (χ3n) is 4.35. The van der Waals surface area contributed by atoms with Gasteiger partial charge < -0.3 is 0 Å². The van der Waals surface area contributed by atoms with Crippen molar-refractivity contribution in [1.29, 1.82) is 0 Å². The second-order valence-corrected chi connectivity index (χ2v) is 5.54. The highest BCUT2D eigenvalue weighted by Crippen LogP contribution is 2.39. The Balaban J connectivity index is 1.96. The number of rotatable bonds is 1. The van der Waals surface area contributed by atoms with Crippen molar-refractivity contribution in [2.75, 3.05) is 4.90 Å². The predicted molar refractivity (Wildman–Crippen MR) is 88.3 cm³/mol. The molecule has 1 heterocycles. The van der Waals surface area contributed by atoms with Gasteiger partial charge in [0.2, 0.25) is 0 Å². The minimum atomic E-state index is -0.648. The maximum atomic E-state index is 11.9. The third-order valence-corrected chi connectivity index (χ3v) is 4.35. The number of carbonyl (C=O) groups excluding carboxylic acids is 2. The van der Waals surface area contributed by atoms with Crippen molar-refractivity contribution >= 4 is 50.1 Å². The van der Waals surface area contributed by atoms with Crippen molar-refractivity contribution < 1.29 is 9.59 Å². The molecule has 0 radical (unpaired) electrons. The Hall–Kier alpha value is -3.34. The maximum Gasteiger partial charge on any atom is 0.375 e. The largest absolute Gasteiger partial charge is 0.375 e. The van der Waals surface area contributed by atoms with Crippen LogP contribution in [0.25, 0.3) is 32.3 Å². The van der Waals surface area contributed by atoms with Crippen LogP contribution in [0.4, 0.5) is 15.3 Å². The van der Waals surface area contributed by atoms with Crippen LogP contribution in [-0.2, 0) is 0 Å². The maximum absolute atomic E-state index is 11.9.